The summed E-state index contributed by atoms with van der Waals surface area (Å²) in [6.45, 7) is 0.686. The van der Waals surface area contributed by atoms with Gasteiger partial charge in [0.2, 0.25) is 0 Å². The number of benzene rings is 2. The molecule has 1 saturated heterocycles. The molecule has 1 N–H and O–H groups in total. The van der Waals surface area contributed by atoms with Crippen LogP contribution < -0.4 is 10.1 Å². The van der Waals surface area contributed by atoms with Gasteiger partial charge in [0.1, 0.15) is 5.75 Å². The molecule has 0 spiro atoms. The third-order valence-electron chi connectivity index (χ3n) is 4.62. The predicted octanol–water partition coefficient (Wildman–Crippen LogP) is 3.61. The second-order valence-electron chi connectivity index (χ2n) is 6.83. The Bertz CT molecular complexity index is 910. The van der Waals surface area contributed by atoms with E-state index in [0.717, 1.165) is 24.2 Å². The summed E-state index contributed by atoms with van der Waals surface area (Å²) in [6.07, 6.45) is 3.05. The van der Waals surface area contributed by atoms with Gasteiger partial charge in [0, 0.05) is 18.5 Å². The molecule has 1 aliphatic rings. The molecule has 6 nitrogen and oxygen atoms in total. The van der Waals surface area contributed by atoms with Crippen LogP contribution in [0.4, 0.5) is 10.5 Å². The minimum absolute atomic E-state index is 0.0232. The molecule has 27 heavy (non-hydrogen) atoms. The number of ether oxygens (including phenoxy) is 1. The molecule has 0 saturated carbocycles. The number of likely N-dealkylation sites (tertiary alicyclic amines) is 1. The Hall–Kier alpha value is -2.54. The maximum absolute atomic E-state index is 12.8. The molecule has 2 aromatic carbocycles. The zero-order valence-corrected chi connectivity index (χ0v) is 16.3. The third kappa shape index (κ3) is 5.01. The van der Waals surface area contributed by atoms with Gasteiger partial charge < -0.3 is 15.0 Å². The lowest BCUT2D eigenvalue weighted by molar-refractivity contribution is 0.207. The molecular formula is C20H24N2O4S. The number of nitrogens with one attached hydrogen (secondary N) is 1. The number of hydrogen-bond acceptors (Lipinski definition) is 4. The number of amides is 2. The summed E-state index contributed by atoms with van der Waals surface area (Å²) in [5.74, 6) is 0.741. The van der Waals surface area contributed by atoms with E-state index in [1.807, 2.05) is 29.2 Å². The topological polar surface area (TPSA) is 75.7 Å². The van der Waals surface area contributed by atoms with Gasteiger partial charge in [0.15, 0.2) is 9.84 Å². The Balaban J connectivity index is 1.72. The molecule has 1 aliphatic heterocycles. The Morgan fingerprint density at radius 2 is 1.96 bits per heavy atom. The monoisotopic (exact) mass is 388 g/mol. The Morgan fingerprint density at radius 3 is 2.63 bits per heavy atom. The van der Waals surface area contributed by atoms with E-state index in [-0.39, 0.29) is 17.8 Å². The van der Waals surface area contributed by atoms with E-state index in [1.165, 1.54) is 6.26 Å². The van der Waals surface area contributed by atoms with Gasteiger partial charge in [-0.15, -0.1) is 0 Å². The molecule has 2 amide bonds. The summed E-state index contributed by atoms with van der Waals surface area (Å²) >= 11 is 0. The fourth-order valence-corrected chi connectivity index (χ4v) is 4.20. The van der Waals surface area contributed by atoms with Crippen LogP contribution in [0.15, 0.2) is 48.5 Å². The summed E-state index contributed by atoms with van der Waals surface area (Å²) in [7, 11) is -1.49. The van der Waals surface area contributed by atoms with E-state index < -0.39 is 9.84 Å². The van der Waals surface area contributed by atoms with Crippen LogP contribution in [0.2, 0.25) is 0 Å². The van der Waals surface area contributed by atoms with E-state index in [0.29, 0.717) is 17.8 Å². The van der Waals surface area contributed by atoms with Crippen LogP contribution in [0, 0.1) is 0 Å². The van der Waals surface area contributed by atoms with Crippen LogP contribution in [0.5, 0.6) is 5.75 Å². The summed E-state index contributed by atoms with van der Waals surface area (Å²) < 4.78 is 28.2. The fraction of sp³-hybridized carbons (Fsp3) is 0.350. The highest BCUT2D eigenvalue weighted by Crippen LogP contribution is 2.33. The van der Waals surface area contributed by atoms with Gasteiger partial charge in [0.05, 0.1) is 18.9 Å². The molecule has 1 unspecified atom stereocenters. The van der Waals surface area contributed by atoms with Gasteiger partial charge in [-0.3, -0.25) is 0 Å². The number of anilines is 1. The normalized spacial score (nSPS) is 17.0. The van der Waals surface area contributed by atoms with Crippen molar-refractivity contribution in [1.29, 1.82) is 0 Å². The second kappa shape index (κ2) is 8.00. The average Bonchev–Trinajstić information content (AvgIpc) is 3.10. The van der Waals surface area contributed by atoms with Gasteiger partial charge in [0.25, 0.3) is 0 Å². The van der Waals surface area contributed by atoms with Crippen LogP contribution in [0.25, 0.3) is 0 Å². The molecule has 0 aromatic heterocycles. The molecule has 7 heteroatoms. The largest absolute Gasteiger partial charge is 0.497 e. The first-order chi connectivity index (χ1) is 12.9. The van der Waals surface area contributed by atoms with Crippen LogP contribution in [0.3, 0.4) is 0 Å². The molecule has 1 atom stereocenters. The van der Waals surface area contributed by atoms with E-state index in [4.69, 9.17) is 4.74 Å². The summed E-state index contributed by atoms with van der Waals surface area (Å²) in [4.78, 5) is 14.6. The first kappa shape index (κ1) is 19.2. The lowest BCUT2D eigenvalue weighted by Crippen LogP contribution is -2.34. The number of carbonyl (C=O) groups is 1. The van der Waals surface area contributed by atoms with Gasteiger partial charge in [-0.2, -0.15) is 0 Å². The van der Waals surface area contributed by atoms with Crippen molar-refractivity contribution in [1.82, 2.24) is 4.90 Å². The van der Waals surface area contributed by atoms with Crippen LogP contribution in [-0.4, -0.2) is 39.3 Å². The van der Waals surface area contributed by atoms with Crippen molar-refractivity contribution in [2.24, 2.45) is 0 Å². The smallest absolute Gasteiger partial charge is 0.322 e. The molecule has 0 radical (unpaired) electrons. The summed E-state index contributed by atoms with van der Waals surface area (Å²) in [6, 6.07) is 14.6. The first-order valence-electron chi connectivity index (χ1n) is 8.84. The van der Waals surface area contributed by atoms with Gasteiger partial charge in [-0.05, 0) is 48.2 Å². The molecular weight excluding hydrogens is 364 g/mol. The molecule has 3 rings (SSSR count). The van der Waals surface area contributed by atoms with Gasteiger partial charge >= 0.3 is 6.03 Å². The van der Waals surface area contributed by atoms with Gasteiger partial charge in [-0.25, -0.2) is 13.2 Å². The van der Waals surface area contributed by atoms with Crippen molar-refractivity contribution in [2.75, 3.05) is 25.2 Å². The van der Waals surface area contributed by atoms with E-state index in [2.05, 4.69) is 5.32 Å². The van der Waals surface area contributed by atoms with Crippen molar-refractivity contribution >= 4 is 21.6 Å². The Morgan fingerprint density at radius 1 is 1.22 bits per heavy atom. The minimum atomic E-state index is -3.12. The fourth-order valence-electron chi connectivity index (χ4n) is 3.42. The van der Waals surface area contributed by atoms with Crippen molar-refractivity contribution in [2.45, 2.75) is 24.6 Å². The third-order valence-corrected chi connectivity index (χ3v) is 5.48. The number of nitrogens with zero attached hydrogens (tertiary/aromatic N) is 1. The van der Waals surface area contributed by atoms with E-state index >= 15 is 0 Å². The quantitative estimate of drug-likeness (QED) is 0.849. The number of rotatable bonds is 5. The standard InChI is InChI=1S/C20H24N2O4S/c1-26-18-10-8-16(9-11-18)19-7-4-12-22(19)20(23)21-17-6-3-5-15(13-17)14-27(2,24)25/h3,5-6,8-11,13,19H,4,7,12,14H2,1-2H3,(H,21,23). The van der Waals surface area contributed by atoms with Crippen LogP contribution in [0.1, 0.15) is 30.0 Å². The van der Waals surface area contributed by atoms with E-state index in [1.54, 1.807) is 31.4 Å². The van der Waals surface area contributed by atoms with Crippen molar-refractivity contribution < 1.29 is 17.9 Å². The first-order valence-corrected chi connectivity index (χ1v) is 10.9. The van der Waals surface area contributed by atoms with Crippen LogP contribution >= 0.6 is 0 Å². The average molecular weight is 388 g/mol. The highest BCUT2D eigenvalue weighted by atomic mass is 32.2. The van der Waals surface area contributed by atoms with E-state index in [9.17, 15) is 13.2 Å². The molecule has 0 aliphatic carbocycles. The maximum atomic E-state index is 12.8. The van der Waals surface area contributed by atoms with Crippen molar-refractivity contribution in [3.05, 3.63) is 59.7 Å². The van der Waals surface area contributed by atoms with Crippen molar-refractivity contribution in [3.63, 3.8) is 0 Å². The molecule has 1 fully saturated rings. The lowest BCUT2D eigenvalue weighted by atomic mass is 10.0. The minimum Gasteiger partial charge on any atom is -0.497 e. The maximum Gasteiger partial charge on any atom is 0.322 e. The number of urea groups is 1. The molecule has 1 heterocycles. The highest BCUT2D eigenvalue weighted by molar-refractivity contribution is 7.89. The highest BCUT2D eigenvalue weighted by Gasteiger charge is 2.30. The summed E-state index contributed by atoms with van der Waals surface area (Å²) in [5.41, 5.74) is 2.33. The lowest BCUT2D eigenvalue weighted by Gasteiger charge is -2.25. The molecule has 0 bridgehead atoms. The SMILES string of the molecule is COc1ccc(C2CCCN2C(=O)Nc2cccc(CS(C)(=O)=O)c2)cc1. The number of hydrogen-bond donors (Lipinski definition) is 1. The second-order valence-corrected chi connectivity index (χ2v) is 8.97. The Kier molecular flexibility index (Phi) is 5.70. The van der Waals surface area contributed by atoms with Gasteiger partial charge in [-0.1, -0.05) is 24.3 Å². The molecule has 144 valence electrons. The number of methoxy groups -OCH3 is 1. The zero-order chi connectivity index (χ0) is 19.4. The van der Waals surface area contributed by atoms with Crippen molar-refractivity contribution in [3.8, 4) is 5.75 Å². The summed E-state index contributed by atoms with van der Waals surface area (Å²) in [5, 5.41) is 2.90. The zero-order valence-electron chi connectivity index (χ0n) is 15.5. The van der Waals surface area contributed by atoms with Crippen LogP contribution in [-0.2, 0) is 15.6 Å². The molecule has 2 aromatic rings. The number of sulfone groups is 1. The Labute approximate surface area is 160 Å². The number of carbonyl (C=O) groups excluding carboxylic acids is 1. The predicted molar refractivity (Wildman–Crippen MR) is 106 cm³/mol.